The van der Waals surface area contributed by atoms with Gasteiger partial charge in [-0.1, -0.05) is 11.6 Å². The summed E-state index contributed by atoms with van der Waals surface area (Å²) in [6.45, 7) is 0. The molecule has 2 rings (SSSR count). The largest absolute Gasteiger partial charge is 0.324 e. The number of anilines is 1. The molecular weight excluding hydrogens is 361 g/mol. The number of sulfonamides is 1. The van der Waals surface area contributed by atoms with E-state index in [1.807, 2.05) is 0 Å². The third-order valence-electron chi connectivity index (χ3n) is 2.26. The molecule has 0 atom stereocenters. The minimum atomic E-state index is -3.97. The number of aromatic nitrogens is 2. The smallest absolute Gasteiger partial charge is 0.282 e. The third-order valence-corrected chi connectivity index (χ3v) is 4.81. The maximum absolute atomic E-state index is 13.1. The van der Waals surface area contributed by atoms with Crippen LogP contribution in [0, 0.1) is 5.82 Å². The van der Waals surface area contributed by atoms with Crippen molar-refractivity contribution in [1.29, 1.82) is 0 Å². The molecule has 0 saturated carbocycles. The molecule has 9 heteroatoms. The van der Waals surface area contributed by atoms with Gasteiger partial charge in [-0.3, -0.25) is 4.72 Å². The van der Waals surface area contributed by atoms with Gasteiger partial charge >= 0.3 is 0 Å². The van der Waals surface area contributed by atoms with Crippen LogP contribution in [0.1, 0.15) is 0 Å². The fraction of sp³-hybridized carbons (Fsp3) is 0.100. The lowest BCUT2D eigenvalue weighted by Crippen LogP contribution is -2.14. The first kappa shape index (κ1) is 14.3. The lowest BCUT2D eigenvalue weighted by molar-refractivity contribution is 0.598. The van der Waals surface area contributed by atoms with Gasteiger partial charge in [-0.25, -0.2) is 9.37 Å². The Bertz CT molecular complexity index is 732. The molecule has 0 amide bonds. The van der Waals surface area contributed by atoms with Gasteiger partial charge in [0, 0.05) is 11.5 Å². The molecule has 0 bridgehead atoms. The van der Waals surface area contributed by atoms with Gasteiger partial charge < -0.3 is 4.57 Å². The summed E-state index contributed by atoms with van der Waals surface area (Å²) >= 11 is 8.95. The van der Waals surface area contributed by atoms with Gasteiger partial charge in [-0.2, -0.15) is 8.42 Å². The van der Waals surface area contributed by atoms with E-state index in [2.05, 4.69) is 25.6 Å². The van der Waals surface area contributed by atoms with E-state index in [1.165, 1.54) is 23.0 Å². The first-order valence-corrected chi connectivity index (χ1v) is 7.61. The average Bonchev–Trinajstić information content (AvgIpc) is 2.65. The number of rotatable bonds is 3. The number of halogens is 3. The zero-order valence-corrected chi connectivity index (χ0v) is 12.7. The summed E-state index contributed by atoms with van der Waals surface area (Å²) in [4.78, 5) is 3.71. The van der Waals surface area contributed by atoms with Crippen LogP contribution in [0.25, 0.3) is 0 Å². The lowest BCUT2D eigenvalue weighted by Gasteiger charge is -2.08. The van der Waals surface area contributed by atoms with Crippen LogP contribution in [0.4, 0.5) is 10.1 Å². The first-order chi connectivity index (χ1) is 8.81. The normalized spacial score (nSPS) is 11.6. The molecule has 0 aliphatic carbocycles. The van der Waals surface area contributed by atoms with Gasteiger partial charge in [0.2, 0.25) is 5.03 Å². The van der Waals surface area contributed by atoms with E-state index in [9.17, 15) is 12.8 Å². The molecule has 1 heterocycles. The SMILES string of the molecule is Cn1cnc(S(=O)(=O)Nc2cc(F)ccc2Br)c1Cl. The zero-order chi connectivity index (χ0) is 14.2. The van der Waals surface area contributed by atoms with Crippen molar-refractivity contribution in [3.63, 3.8) is 0 Å². The number of nitrogens with one attached hydrogen (secondary N) is 1. The Balaban J connectivity index is 2.42. The Morgan fingerprint density at radius 3 is 2.74 bits per heavy atom. The van der Waals surface area contributed by atoms with Crippen LogP contribution in [0.2, 0.25) is 5.15 Å². The van der Waals surface area contributed by atoms with Crippen molar-refractivity contribution in [2.24, 2.45) is 7.05 Å². The molecule has 0 aliphatic heterocycles. The maximum Gasteiger partial charge on any atom is 0.282 e. The number of aryl methyl sites for hydroxylation is 1. The Morgan fingerprint density at radius 2 is 2.16 bits per heavy atom. The molecule has 1 aromatic heterocycles. The Morgan fingerprint density at radius 1 is 1.47 bits per heavy atom. The van der Waals surface area contributed by atoms with Crippen molar-refractivity contribution in [2.75, 3.05) is 4.72 Å². The molecule has 1 N–H and O–H groups in total. The minimum Gasteiger partial charge on any atom is -0.324 e. The fourth-order valence-electron chi connectivity index (χ4n) is 1.34. The lowest BCUT2D eigenvalue weighted by atomic mass is 10.3. The van der Waals surface area contributed by atoms with Crippen LogP contribution in [-0.4, -0.2) is 18.0 Å². The van der Waals surface area contributed by atoms with Crippen LogP contribution in [0.3, 0.4) is 0 Å². The van der Waals surface area contributed by atoms with E-state index >= 15 is 0 Å². The van der Waals surface area contributed by atoms with Gasteiger partial charge in [0.1, 0.15) is 11.0 Å². The molecule has 0 aliphatic rings. The van der Waals surface area contributed by atoms with Gasteiger partial charge in [0.05, 0.1) is 12.0 Å². The number of benzene rings is 1. The summed E-state index contributed by atoms with van der Waals surface area (Å²) in [7, 11) is -2.41. The van der Waals surface area contributed by atoms with Crippen molar-refractivity contribution in [1.82, 2.24) is 9.55 Å². The van der Waals surface area contributed by atoms with Crippen molar-refractivity contribution < 1.29 is 12.8 Å². The predicted molar refractivity (Wildman–Crippen MR) is 73.1 cm³/mol. The molecule has 19 heavy (non-hydrogen) atoms. The summed E-state index contributed by atoms with van der Waals surface area (Å²) in [5, 5.41) is -0.340. The molecule has 2 aromatic rings. The second kappa shape index (κ2) is 5.10. The highest BCUT2D eigenvalue weighted by atomic mass is 79.9. The second-order valence-electron chi connectivity index (χ2n) is 3.68. The van der Waals surface area contributed by atoms with Crippen molar-refractivity contribution in [3.8, 4) is 0 Å². The molecule has 5 nitrogen and oxygen atoms in total. The highest BCUT2D eigenvalue weighted by Gasteiger charge is 2.23. The number of nitrogens with zero attached hydrogens (tertiary/aromatic N) is 2. The summed E-state index contributed by atoms with van der Waals surface area (Å²) in [6, 6.07) is 3.65. The Labute approximate surface area is 122 Å². The standard InChI is InChI=1S/C10H8BrClFN3O2S/c1-16-5-14-10(9(16)12)19(17,18)15-8-4-6(13)2-3-7(8)11/h2-5,15H,1H3. The minimum absolute atomic E-state index is 0.0278. The topological polar surface area (TPSA) is 64.0 Å². The monoisotopic (exact) mass is 367 g/mol. The Hall–Kier alpha value is -1.12. The first-order valence-electron chi connectivity index (χ1n) is 4.96. The predicted octanol–water partition coefficient (Wildman–Crippen LogP) is 2.78. The summed E-state index contributed by atoms with van der Waals surface area (Å²) in [6.07, 6.45) is 1.28. The number of imidazole rings is 1. The van der Waals surface area contributed by atoms with E-state index in [1.54, 1.807) is 7.05 Å². The van der Waals surface area contributed by atoms with Crippen molar-refractivity contribution in [2.45, 2.75) is 5.03 Å². The van der Waals surface area contributed by atoms with Crippen molar-refractivity contribution >= 4 is 43.2 Å². The Kier molecular flexibility index (Phi) is 3.84. The average molecular weight is 369 g/mol. The molecule has 1 aromatic carbocycles. The summed E-state index contributed by atoms with van der Waals surface area (Å²) < 4.78 is 41.3. The molecule has 0 saturated heterocycles. The van der Waals surface area contributed by atoms with Crippen LogP contribution < -0.4 is 4.72 Å². The van der Waals surface area contributed by atoms with Crippen LogP contribution in [-0.2, 0) is 17.1 Å². The van der Waals surface area contributed by atoms with Gasteiger partial charge in [-0.15, -0.1) is 0 Å². The van der Waals surface area contributed by atoms with E-state index in [4.69, 9.17) is 11.6 Å². The molecular formula is C10H8BrClFN3O2S. The highest BCUT2D eigenvalue weighted by molar-refractivity contribution is 9.10. The third kappa shape index (κ3) is 2.90. The van der Waals surface area contributed by atoms with E-state index in [0.717, 1.165) is 6.07 Å². The molecule has 0 radical (unpaired) electrons. The zero-order valence-electron chi connectivity index (χ0n) is 9.56. The quantitative estimate of drug-likeness (QED) is 0.906. The molecule has 0 fully saturated rings. The number of hydrogen-bond donors (Lipinski definition) is 1. The summed E-state index contributed by atoms with van der Waals surface area (Å²) in [5.41, 5.74) is 0.0710. The van der Waals surface area contributed by atoms with E-state index in [0.29, 0.717) is 4.47 Å². The van der Waals surface area contributed by atoms with E-state index in [-0.39, 0.29) is 15.9 Å². The fourth-order valence-corrected chi connectivity index (χ4v) is 3.32. The summed E-state index contributed by atoms with van der Waals surface area (Å²) in [5.74, 6) is -0.562. The van der Waals surface area contributed by atoms with Crippen LogP contribution in [0.15, 0.2) is 34.0 Å². The maximum atomic E-state index is 13.1. The van der Waals surface area contributed by atoms with Crippen molar-refractivity contribution in [3.05, 3.63) is 40.0 Å². The van der Waals surface area contributed by atoms with Gasteiger partial charge in [0.25, 0.3) is 10.0 Å². The molecule has 102 valence electrons. The van der Waals surface area contributed by atoms with Crippen LogP contribution in [0.5, 0.6) is 0 Å². The van der Waals surface area contributed by atoms with Gasteiger partial charge in [-0.05, 0) is 34.1 Å². The molecule has 0 unspecified atom stereocenters. The number of hydrogen-bond acceptors (Lipinski definition) is 3. The molecule has 0 spiro atoms. The second-order valence-corrected chi connectivity index (χ2v) is 6.49. The van der Waals surface area contributed by atoms with E-state index < -0.39 is 15.8 Å². The highest BCUT2D eigenvalue weighted by Crippen LogP contribution is 2.27. The van der Waals surface area contributed by atoms with Gasteiger partial charge in [0.15, 0.2) is 0 Å². The van der Waals surface area contributed by atoms with Crippen LogP contribution >= 0.6 is 27.5 Å².